The molecule has 6 heteroatoms. The molecule has 1 aliphatic rings. The summed E-state index contributed by atoms with van der Waals surface area (Å²) < 4.78 is 27.5. The molecule has 1 aromatic carbocycles. The standard InChI is InChI=1S/C16H18N2O2S2/c1-11-10-16(2,3)17-14-7-6-12(9-13(11)14)18-22(19,20)15-5-4-8-21-15/h4-10,17-18H,1-3H3. The number of allylic oxidation sites excluding steroid dienone is 1. The van der Waals surface area contributed by atoms with Crippen molar-refractivity contribution in [2.45, 2.75) is 30.5 Å². The zero-order valence-corrected chi connectivity index (χ0v) is 14.3. The van der Waals surface area contributed by atoms with Gasteiger partial charge in [0, 0.05) is 16.9 Å². The molecule has 0 bridgehead atoms. The zero-order valence-electron chi connectivity index (χ0n) is 12.7. The first-order valence-corrected chi connectivity index (χ1v) is 9.31. The molecule has 1 aliphatic heterocycles. The van der Waals surface area contributed by atoms with Crippen LogP contribution in [0.5, 0.6) is 0 Å². The highest BCUT2D eigenvalue weighted by Gasteiger charge is 2.23. The van der Waals surface area contributed by atoms with Crippen molar-refractivity contribution in [1.82, 2.24) is 0 Å². The minimum Gasteiger partial charge on any atom is -0.376 e. The summed E-state index contributed by atoms with van der Waals surface area (Å²) in [5.74, 6) is 0. The van der Waals surface area contributed by atoms with Crippen LogP contribution in [-0.4, -0.2) is 14.0 Å². The first kappa shape index (κ1) is 15.1. The Morgan fingerprint density at radius 2 is 2.00 bits per heavy atom. The van der Waals surface area contributed by atoms with Crippen LogP contribution in [0.3, 0.4) is 0 Å². The Balaban J connectivity index is 1.94. The smallest absolute Gasteiger partial charge is 0.271 e. The van der Waals surface area contributed by atoms with Crippen LogP contribution in [0.25, 0.3) is 5.57 Å². The molecule has 22 heavy (non-hydrogen) atoms. The van der Waals surface area contributed by atoms with E-state index in [4.69, 9.17) is 0 Å². The highest BCUT2D eigenvalue weighted by molar-refractivity contribution is 7.94. The van der Waals surface area contributed by atoms with Gasteiger partial charge < -0.3 is 5.32 Å². The normalized spacial score (nSPS) is 16.4. The van der Waals surface area contributed by atoms with E-state index >= 15 is 0 Å². The number of hydrogen-bond acceptors (Lipinski definition) is 4. The average Bonchev–Trinajstić information content (AvgIpc) is 2.93. The molecule has 0 saturated carbocycles. The van der Waals surface area contributed by atoms with E-state index in [-0.39, 0.29) is 5.54 Å². The highest BCUT2D eigenvalue weighted by atomic mass is 32.2. The van der Waals surface area contributed by atoms with Gasteiger partial charge in [0.15, 0.2) is 0 Å². The molecule has 0 spiro atoms. The van der Waals surface area contributed by atoms with Gasteiger partial charge in [0.25, 0.3) is 10.0 Å². The van der Waals surface area contributed by atoms with Crippen LogP contribution in [-0.2, 0) is 10.0 Å². The Kier molecular flexibility index (Phi) is 3.53. The van der Waals surface area contributed by atoms with E-state index < -0.39 is 10.0 Å². The van der Waals surface area contributed by atoms with Crippen LogP contribution in [0, 0.1) is 0 Å². The molecule has 0 amide bonds. The van der Waals surface area contributed by atoms with Crippen LogP contribution in [0.1, 0.15) is 26.3 Å². The van der Waals surface area contributed by atoms with Crippen molar-refractivity contribution in [1.29, 1.82) is 0 Å². The second-order valence-corrected chi connectivity index (χ2v) is 8.83. The number of anilines is 2. The van der Waals surface area contributed by atoms with Gasteiger partial charge >= 0.3 is 0 Å². The number of benzene rings is 1. The van der Waals surface area contributed by atoms with Crippen molar-refractivity contribution in [3.05, 3.63) is 47.4 Å². The van der Waals surface area contributed by atoms with Gasteiger partial charge in [-0.15, -0.1) is 11.3 Å². The summed E-state index contributed by atoms with van der Waals surface area (Å²) in [5.41, 5.74) is 3.64. The molecule has 2 aromatic rings. The highest BCUT2D eigenvalue weighted by Crippen LogP contribution is 2.35. The predicted octanol–water partition coefficient (Wildman–Crippen LogP) is 4.16. The van der Waals surface area contributed by atoms with E-state index in [0.717, 1.165) is 16.8 Å². The van der Waals surface area contributed by atoms with Gasteiger partial charge in [-0.1, -0.05) is 12.1 Å². The molecule has 3 rings (SSSR count). The van der Waals surface area contributed by atoms with Crippen molar-refractivity contribution in [3.63, 3.8) is 0 Å². The molecule has 0 saturated heterocycles. The molecule has 0 atom stereocenters. The summed E-state index contributed by atoms with van der Waals surface area (Å²) in [5, 5.41) is 5.18. The quantitative estimate of drug-likeness (QED) is 0.886. The second kappa shape index (κ2) is 5.14. The lowest BCUT2D eigenvalue weighted by atomic mass is 9.91. The van der Waals surface area contributed by atoms with Gasteiger partial charge in [-0.25, -0.2) is 8.42 Å². The van der Waals surface area contributed by atoms with Gasteiger partial charge in [-0.2, -0.15) is 0 Å². The molecule has 2 N–H and O–H groups in total. The van der Waals surface area contributed by atoms with E-state index in [1.165, 1.54) is 11.3 Å². The van der Waals surface area contributed by atoms with Crippen LogP contribution in [0.2, 0.25) is 0 Å². The van der Waals surface area contributed by atoms with Crippen molar-refractivity contribution in [2.75, 3.05) is 10.0 Å². The van der Waals surface area contributed by atoms with Gasteiger partial charge in [-0.05, 0) is 56.0 Å². The Hall–Kier alpha value is -1.79. The van der Waals surface area contributed by atoms with Crippen molar-refractivity contribution in [3.8, 4) is 0 Å². The van der Waals surface area contributed by atoms with Gasteiger partial charge in [-0.3, -0.25) is 4.72 Å². The molecule has 1 aromatic heterocycles. The van der Waals surface area contributed by atoms with Gasteiger partial charge in [0.1, 0.15) is 4.21 Å². The molecule has 0 fully saturated rings. The van der Waals surface area contributed by atoms with Crippen LogP contribution >= 0.6 is 11.3 Å². The topological polar surface area (TPSA) is 58.2 Å². The molecule has 4 nitrogen and oxygen atoms in total. The fourth-order valence-corrected chi connectivity index (χ4v) is 4.71. The Morgan fingerprint density at radius 3 is 2.68 bits per heavy atom. The zero-order chi connectivity index (χ0) is 16.0. The summed E-state index contributed by atoms with van der Waals surface area (Å²) in [6, 6.07) is 8.89. The summed E-state index contributed by atoms with van der Waals surface area (Å²) in [6.45, 7) is 6.25. The van der Waals surface area contributed by atoms with Crippen molar-refractivity contribution >= 4 is 38.3 Å². The number of sulfonamides is 1. The van der Waals surface area contributed by atoms with Gasteiger partial charge in [0.05, 0.1) is 5.54 Å². The van der Waals surface area contributed by atoms with Crippen LogP contribution in [0.4, 0.5) is 11.4 Å². The average molecular weight is 334 g/mol. The van der Waals surface area contributed by atoms with E-state index in [0.29, 0.717) is 9.90 Å². The summed E-state index contributed by atoms with van der Waals surface area (Å²) in [7, 11) is -3.51. The van der Waals surface area contributed by atoms with Crippen molar-refractivity contribution < 1.29 is 8.42 Å². The molecule has 0 radical (unpaired) electrons. The van der Waals surface area contributed by atoms with E-state index in [9.17, 15) is 8.42 Å². The van der Waals surface area contributed by atoms with E-state index in [1.54, 1.807) is 23.6 Å². The minimum absolute atomic E-state index is 0.102. The summed E-state index contributed by atoms with van der Waals surface area (Å²) >= 11 is 1.20. The maximum atomic E-state index is 12.3. The largest absolute Gasteiger partial charge is 0.376 e. The molecule has 0 aliphatic carbocycles. The molecular weight excluding hydrogens is 316 g/mol. The number of rotatable bonds is 3. The molecule has 116 valence electrons. The SMILES string of the molecule is CC1=CC(C)(C)Nc2ccc(NS(=O)(=O)c3cccs3)cc21. The Labute approximate surface area is 134 Å². The monoisotopic (exact) mass is 334 g/mol. The lowest BCUT2D eigenvalue weighted by molar-refractivity contribution is 0.603. The fourth-order valence-electron chi connectivity index (χ4n) is 2.67. The third kappa shape index (κ3) is 2.89. The first-order valence-electron chi connectivity index (χ1n) is 6.95. The number of nitrogens with one attached hydrogen (secondary N) is 2. The predicted molar refractivity (Wildman–Crippen MR) is 92.9 cm³/mol. The Morgan fingerprint density at radius 1 is 1.23 bits per heavy atom. The maximum Gasteiger partial charge on any atom is 0.271 e. The van der Waals surface area contributed by atoms with E-state index in [1.807, 2.05) is 19.1 Å². The number of fused-ring (bicyclic) bond motifs is 1. The lowest BCUT2D eigenvalue weighted by Crippen LogP contribution is -2.31. The lowest BCUT2D eigenvalue weighted by Gasteiger charge is -2.31. The maximum absolute atomic E-state index is 12.3. The molecular formula is C16H18N2O2S2. The first-order chi connectivity index (χ1) is 10.3. The Bertz CT molecular complexity index is 835. The van der Waals surface area contributed by atoms with Crippen LogP contribution in [0.15, 0.2) is 46.0 Å². The third-order valence-corrected chi connectivity index (χ3v) is 6.27. The van der Waals surface area contributed by atoms with Gasteiger partial charge in [0.2, 0.25) is 0 Å². The summed E-state index contributed by atoms with van der Waals surface area (Å²) in [4.78, 5) is 0. The molecule has 2 heterocycles. The number of thiophene rings is 1. The fraction of sp³-hybridized carbons (Fsp3) is 0.250. The minimum atomic E-state index is -3.51. The number of hydrogen-bond donors (Lipinski definition) is 2. The summed E-state index contributed by atoms with van der Waals surface area (Å²) in [6.07, 6.45) is 2.15. The van der Waals surface area contributed by atoms with Crippen LogP contribution < -0.4 is 10.0 Å². The third-order valence-electron chi connectivity index (χ3n) is 3.49. The van der Waals surface area contributed by atoms with Crippen molar-refractivity contribution in [2.24, 2.45) is 0 Å². The molecule has 0 unspecified atom stereocenters. The van der Waals surface area contributed by atoms with E-state index in [2.05, 4.69) is 30.0 Å². The second-order valence-electron chi connectivity index (χ2n) is 5.97.